The molecule has 0 fully saturated rings. The van der Waals surface area contributed by atoms with Crippen molar-refractivity contribution in [2.45, 2.75) is 13.8 Å². The smallest absolute Gasteiger partial charge is 0.280 e. The molecule has 2 N–H and O–H groups in total. The predicted octanol–water partition coefficient (Wildman–Crippen LogP) is 2.80. The Morgan fingerprint density at radius 2 is 1.06 bits per heavy atom. The Bertz CT molecular complexity index is 1260. The summed E-state index contributed by atoms with van der Waals surface area (Å²) in [6.07, 6.45) is 3.15. The van der Waals surface area contributed by atoms with Crippen LogP contribution in [0.3, 0.4) is 0 Å². The van der Waals surface area contributed by atoms with Gasteiger partial charge >= 0.3 is 0 Å². The van der Waals surface area contributed by atoms with Crippen molar-refractivity contribution < 1.29 is 0 Å². The van der Waals surface area contributed by atoms with E-state index in [2.05, 4.69) is 20.2 Å². The zero-order valence-electron chi connectivity index (χ0n) is 17.9. The molecule has 2 aromatic heterocycles. The molecule has 0 saturated carbocycles. The largest absolute Gasteiger partial charge is 0.295 e. The molecule has 4 aromatic rings. The summed E-state index contributed by atoms with van der Waals surface area (Å²) in [6.45, 7) is 4.49. The fourth-order valence-electron chi connectivity index (χ4n) is 3.37. The molecule has 4 rings (SSSR count). The summed E-state index contributed by atoms with van der Waals surface area (Å²) in [5, 5.41) is 6.15. The van der Waals surface area contributed by atoms with E-state index in [-0.39, 0.29) is 11.1 Å². The van der Waals surface area contributed by atoms with Gasteiger partial charge in [0.15, 0.2) is 0 Å². The number of aliphatic imine (C=N–C) groups is 2. The molecule has 0 radical (unpaired) electrons. The number of H-pyrrole nitrogens is 2. The van der Waals surface area contributed by atoms with Crippen LogP contribution in [0.15, 0.2) is 80.2 Å². The minimum absolute atomic E-state index is 0.148. The number of nitrogens with one attached hydrogen (secondary N) is 2. The first-order chi connectivity index (χ1) is 15.6. The van der Waals surface area contributed by atoms with Crippen molar-refractivity contribution in [2.24, 2.45) is 9.98 Å². The lowest BCUT2D eigenvalue weighted by molar-refractivity contribution is 0.835. The van der Waals surface area contributed by atoms with E-state index in [0.29, 0.717) is 24.2 Å². The van der Waals surface area contributed by atoms with E-state index in [4.69, 9.17) is 0 Å². The van der Waals surface area contributed by atoms with Crippen LogP contribution < -0.4 is 11.1 Å². The van der Waals surface area contributed by atoms with Gasteiger partial charge in [-0.1, -0.05) is 36.4 Å². The van der Waals surface area contributed by atoms with Gasteiger partial charge in [-0.2, -0.15) is 0 Å². The van der Waals surface area contributed by atoms with Gasteiger partial charge < -0.3 is 0 Å². The highest BCUT2D eigenvalue weighted by Crippen LogP contribution is 2.06. The third-order valence-electron chi connectivity index (χ3n) is 5.06. The molecular weight excluding hydrogens is 404 g/mol. The quantitative estimate of drug-likeness (QED) is 0.349. The fourth-order valence-corrected chi connectivity index (χ4v) is 3.37. The molecule has 0 aliphatic carbocycles. The average molecular weight is 428 g/mol. The monoisotopic (exact) mass is 428 g/mol. The molecule has 0 saturated heterocycles. The van der Waals surface area contributed by atoms with E-state index in [1.54, 1.807) is 12.4 Å². The number of aromatic nitrogens is 4. The van der Waals surface area contributed by atoms with Crippen molar-refractivity contribution in [3.63, 3.8) is 0 Å². The lowest BCUT2D eigenvalue weighted by Crippen LogP contribution is -2.17. The number of rotatable bonds is 7. The minimum Gasteiger partial charge on any atom is -0.295 e. The molecule has 0 unspecified atom stereocenters. The molecule has 0 aliphatic rings. The number of aromatic amines is 2. The molecule has 8 nitrogen and oxygen atoms in total. The van der Waals surface area contributed by atoms with Crippen LogP contribution in [-0.2, 0) is 0 Å². The third-order valence-corrected chi connectivity index (χ3v) is 5.06. The Hall–Kier alpha value is -4.20. The van der Waals surface area contributed by atoms with Crippen LogP contribution in [0.1, 0.15) is 22.5 Å². The molecule has 2 heterocycles. The standard InChI is InChI=1S/C24H24N6O2/c1-17-21(23(31)29(27-17)19-9-5-3-6-10-19)15-25-13-14-26-16-22-18(2)28-30(24(22)32)20-11-7-4-8-12-20/h3-12,15-16,27-28H,13-14H2,1-2H3. The number of hydrogen-bond donors (Lipinski definition) is 2. The van der Waals surface area contributed by atoms with E-state index in [9.17, 15) is 9.59 Å². The van der Waals surface area contributed by atoms with Gasteiger partial charge in [0, 0.05) is 23.8 Å². The zero-order chi connectivity index (χ0) is 22.5. The van der Waals surface area contributed by atoms with Gasteiger partial charge in [0.1, 0.15) is 0 Å². The highest BCUT2D eigenvalue weighted by atomic mass is 16.1. The van der Waals surface area contributed by atoms with Crippen molar-refractivity contribution in [2.75, 3.05) is 13.1 Å². The molecule has 0 spiro atoms. The van der Waals surface area contributed by atoms with Crippen LogP contribution in [0.5, 0.6) is 0 Å². The van der Waals surface area contributed by atoms with E-state index in [0.717, 1.165) is 22.8 Å². The maximum absolute atomic E-state index is 12.7. The highest BCUT2D eigenvalue weighted by molar-refractivity contribution is 5.81. The fraction of sp³-hybridized carbons (Fsp3) is 0.167. The van der Waals surface area contributed by atoms with Crippen LogP contribution in [0.25, 0.3) is 11.4 Å². The SMILES string of the molecule is Cc1[nH]n(-c2ccccc2)c(=O)c1C=NCCN=Cc1c(C)[nH]n(-c2ccccc2)c1=O. The van der Waals surface area contributed by atoms with Crippen molar-refractivity contribution in [1.29, 1.82) is 0 Å². The third kappa shape index (κ3) is 4.29. The molecule has 0 atom stereocenters. The summed E-state index contributed by atoms with van der Waals surface area (Å²) in [5.74, 6) is 0. The molecule has 0 bridgehead atoms. The van der Waals surface area contributed by atoms with Gasteiger partial charge in [-0.3, -0.25) is 29.8 Å². The van der Waals surface area contributed by atoms with Crippen molar-refractivity contribution in [3.8, 4) is 11.4 Å². The first-order valence-electron chi connectivity index (χ1n) is 10.3. The second-order valence-corrected chi connectivity index (χ2v) is 7.32. The van der Waals surface area contributed by atoms with Gasteiger partial charge in [-0.05, 0) is 38.1 Å². The number of nitrogens with zero attached hydrogens (tertiary/aromatic N) is 4. The number of para-hydroxylation sites is 2. The van der Waals surface area contributed by atoms with E-state index < -0.39 is 0 Å². The van der Waals surface area contributed by atoms with E-state index in [1.807, 2.05) is 74.5 Å². The number of hydrogen-bond acceptors (Lipinski definition) is 4. The topological polar surface area (TPSA) is 100 Å². The zero-order valence-corrected chi connectivity index (χ0v) is 17.9. The molecular formula is C24H24N6O2. The van der Waals surface area contributed by atoms with Gasteiger partial charge in [0.05, 0.1) is 35.6 Å². The number of aryl methyl sites for hydroxylation is 2. The number of benzene rings is 2. The van der Waals surface area contributed by atoms with E-state index >= 15 is 0 Å². The van der Waals surface area contributed by atoms with Crippen molar-refractivity contribution >= 4 is 12.4 Å². The molecule has 0 amide bonds. The van der Waals surface area contributed by atoms with Crippen LogP contribution in [0, 0.1) is 13.8 Å². The Kier molecular flexibility index (Phi) is 6.12. The highest BCUT2D eigenvalue weighted by Gasteiger charge is 2.11. The Balaban J connectivity index is 1.41. The lowest BCUT2D eigenvalue weighted by atomic mass is 10.3. The Morgan fingerprint density at radius 1 is 0.688 bits per heavy atom. The molecule has 32 heavy (non-hydrogen) atoms. The van der Waals surface area contributed by atoms with Crippen molar-refractivity contribution in [3.05, 3.63) is 104 Å². The second-order valence-electron chi connectivity index (χ2n) is 7.32. The molecule has 8 heteroatoms. The van der Waals surface area contributed by atoms with Crippen LogP contribution in [0.4, 0.5) is 0 Å². The van der Waals surface area contributed by atoms with E-state index in [1.165, 1.54) is 9.36 Å². The minimum atomic E-state index is -0.148. The predicted molar refractivity (Wildman–Crippen MR) is 127 cm³/mol. The van der Waals surface area contributed by atoms with Crippen LogP contribution in [0.2, 0.25) is 0 Å². The van der Waals surface area contributed by atoms with Crippen LogP contribution >= 0.6 is 0 Å². The van der Waals surface area contributed by atoms with Crippen LogP contribution in [-0.4, -0.2) is 45.1 Å². The summed E-state index contributed by atoms with van der Waals surface area (Å²) in [4.78, 5) is 34.0. The van der Waals surface area contributed by atoms with Gasteiger partial charge in [-0.15, -0.1) is 0 Å². The van der Waals surface area contributed by atoms with Crippen molar-refractivity contribution in [1.82, 2.24) is 19.6 Å². The maximum Gasteiger partial charge on any atom is 0.280 e. The normalized spacial score (nSPS) is 11.7. The maximum atomic E-state index is 12.7. The molecule has 162 valence electrons. The first-order valence-corrected chi connectivity index (χ1v) is 10.3. The summed E-state index contributed by atoms with van der Waals surface area (Å²) >= 11 is 0. The Morgan fingerprint density at radius 3 is 1.44 bits per heavy atom. The van der Waals surface area contributed by atoms with Gasteiger partial charge in [-0.25, -0.2) is 9.36 Å². The average Bonchev–Trinajstić information content (AvgIpc) is 3.26. The molecule has 2 aromatic carbocycles. The summed E-state index contributed by atoms with van der Waals surface area (Å²) in [7, 11) is 0. The summed E-state index contributed by atoms with van der Waals surface area (Å²) in [5.41, 5.74) is 3.78. The van der Waals surface area contributed by atoms with Gasteiger partial charge in [0.25, 0.3) is 11.1 Å². The first kappa shape index (κ1) is 21.0. The van der Waals surface area contributed by atoms with Gasteiger partial charge in [0.2, 0.25) is 0 Å². The summed E-state index contributed by atoms with van der Waals surface area (Å²) < 4.78 is 3.00. The summed E-state index contributed by atoms with van der Waals surface area (Å²) in [6, 6.07) is 18.8. The lowest BCUT2D eigenvalue weighted by Gasteiger charge is -1.99. The molecule has 0 aliphatic heterocycles. The second kappa shape index (κ2) is 9.30. The Labute approximate surface area is 184 Å².